The van der Waals surface area contributed by atoms with Crippen LogP contribution in [0.1, 0.15) is 12.5 Å². The number of allylic oxidation sites excluding steroid dienone is 1. The zero-order chi connectivity index (χ0) is 11.1. The molecule has 3 heteroatoms. The van der Waals surface area contributed by atoms with Gasteiger partial charge in [-0.15, -0.1) is 0 Å². The molecule has 0 aliphatic rings. The summed E-state index contributed by atoms with van der Waals surface area (Å²) < 4.78 is 5.46. The summed E-state index contributed by atoms with van der Waals surface area (Å²) >= 11 is 0. The summed E-state index contributed by atoms with van der Waals surface area (Å²) in [6.07, 6.45) is 3.81. The van der Waals surface area contributed by atoms with E-state index in [-0.39, 0.29) is 0 Å². The molecule has 0 spiro atoms. The van der Waals surface area contributed by atoms with Crippen LogP contribution >= 0.6 is 0 Å². The van der Waals surface area contributed by atoms with E-state index in [1.807, 2.05) is 38.3 Å². The second kappa shape index (κ2) is 5.71. The summed E-state index contributed by atoms with van der Waals surface area (Å²) in [5.41, 5.74) is 1.49. The van der Waals surface area contributed by atoms with Gasteiger partial charge in [-0.25, -0.2) is 0 Å². The lowest BCUT2D eigenvalue weighted by Gasteiger charge is -2.07. The largest absolute Gasteiger partial charge is 0.488 e. The number of nitriles is 1. The maximum atomic E-state index is 8.87. The Labute approximate surface area is 90.0 Å². The zero-order valence-electron chi connectivity index (χ0n) is 8.95. The van der Waals surface area contributed by atoms with Crippen LogP contribution < -0.4 is 10.1 Å². The molecule has 0 radical (unpaired) electrons. The topological polar surface area (TPSA) is 45.0 Å². The fourth-order valence-corrected chi connectivity index (χ4v) is 1.12. The Balaban J connectivity index is 2.87. The van der Waals surface area contributed by atoms with E-state index >= 15 is 0 Å². The second-order valence-electron chi connectivity index (χ2n) is 2.95. The predicted molar refractivity (Wildman–Crippen MR) is 61.0 cm³/mol. The molecule has 1 N–H and O–H groups in total. The number of anilines is 1. The number of rotatable bonds is 4. The van der Waals surface area contributed by atoms with Crippen molar-refractivity contribution >= 4 is 5.69 Å². The monoisotopic (exact) mass is 202 g/mol. The van der Waals surface area contributed by atoms with E-state index in [1.54, 1.807) is 6.07 Å². The zero-order valence-corrected chi connectivity index (χ0v) is 8.95. The number of hydrogen-bond acceptors (Lipinski definition) is 3. The van der Waals surface area contributed by atoms with E-state index in [4.69, 9.17) is 10.00 Å². The molecule has 0 saturated carbocycles. The summed E-state index contributed by atoms with van der Waals surface area (Å²) in [7, 11) is 1.83. The van der Waals surface area contributed by atoms with Gasteiger partial charge in [-0.1, -0.05) is 12.2 Å². The Morgan fingerprint density at radius 1 is 1.53 bits per heavy atom. The molecule has 0 aliphatic heterocycles. The van der Waals surface area contributed by atoms with Gasteiger partial charge in [0.2, 0.25) is 0 Å². The molecule has 0 atom stereocenters. The van der Waals surface area contributed by atoms with E-state index < -0.39 is 0 Å². The van der Waals surface area contributed by atoms with Gasteiger partial charge in [-0.2, -0.15) is 5.26 Å². The number of hydrogen-bond donors (Lipinski definition) is 1. The molecule has 0 fully saturated rings. The highest BCUT2D eigenvalue weighted by atomic mass is 16.5. The smallest absolute Gasteiger partial charge is 0.139 e. The number of ether oxygens (including phenoxy) is 1. The van der Waals surface area contributed by atoms with E-state index in [0.717, 1.165) is 5.69 Å². The SMILES string of the molecule is CC=CCOc1cc(NC)ccc1C#N. The van der Waals surface area contributed by atoms with Crippen LogP contribution in [0.5, 0.6) is 5.75 Å². The third kappa shape index (κ3) is 3.03. The predicted octanol–water partition coefficient (Wildman–Crippen LogP) is 2.55. The quantitative estimate of drug-likeness (QED) is 0.763. The first-order valence-corrected chi connectivity index (χ1v) is 4.77. The van der Waals surface area contributed by atoms with Crippen LogP contribution in [-0.4, -0.2) is 13.7 Å². The van der Waals surface area contributed by atoms with Crippen molar-refractivity contribution in [1.82, 2.24) is 0 Å². The van der Waals surface area contributed by atoms with Crippen LogP contribution in [0.3, 0.4) is 0 Å². The fraction of sp³-hybridized carbons (Fsp3) is 0.250. The van der Waals surface area contributed by atoms with Gasteiger partial charge in [0.15, 0.2) is 0 Å². The van der Waals surface area contributed by atoms with E-state index in [9.17, 15) is 0 Å². The minimum absolute atomic E-state index is 0.484. The van der Waals surface area contributed by atoms with E-state index in [2.05, 4.69) is 11.4 Å². The average Bonchev–Trinajstić information content (AvgIpc) is 2.29. The lowest BCUT2D eigenvalue weighted by atomic mass is 10.2. The lowest BCUT2D eigenvalue weighted by molar-refractivity contribution is 0.362. The molecule has 1 aromatic rings. The highest BCUT2D eigenvalue weighted by Gasteiger charge is 2.03. The molecular weight excluding hydrogens is 188 g/mol. The highest BCUT2D eigenvalue weighted by molar-refractivity contribution is 5.55. The van der Waals surface area contributed by atoms with Crippen molar-refractivity contribution in [3.05, 3.63) is 35.9 Å². The molecule has 3 nitrogen and oxygen atoms in total. The number of benzene rings is 1. The Kier molecular flexibility index (Phi) is 4.24. The molecule has 78 valence electrons. The van der Waals surface area contributed by atoms with Crippen LogP contribution in [0, 0.1) is 11.3 Å². The van der Waals surface area contributed by atoms with Gasteiger partial charge in [0.25, 0.3) is 0 Å². The summed E-state index contributed by atoms with van der Waals surface area (Å²) in [5, 5.41) is 11.9. The van der Waals surface area contributed by atoms with Gasteiger partial charge in [0.05, 0.1) is 5.56 Å². The summed E-state index contributed by atoms with van der Waals surface area (Å²) in [6.45, 7) is 2.41. The third-order valence-corrected chi connectivity index (χ3v) is 1.96. The van der Waals surface area contributed by atoms with Crippen LogP contribution in [0.2, 0.25) is 0 Å². The molecule has 0 saturated heterocycles. The van der Waals surface area contributed by atoms with Crippen LogP contribution in [0.15, 0.2) is 30.4 Å². The Morgan fingerprint density at radius 3 is 2.93 bits per heavy atom. The maximum Gasteiger partial charge on any atom is 0.139 e. The summed E-state index contributed by atoms with van der Waals surface area (Å²) in [4.78, 5) is 0. The normalized spacial score (nSPS) is 9.93. The minimum Gasteiger partial charge on any atom is -0.488 e. The fourth-order valence-electron chi connectivity index (χ4n) is 1.12. The number of nitrogens with one attached hydrogen (secondary N) is 1. The Bertz CT molecular complexity index is 391. The van der Waals surface area contributed by atoms with Crippen molar-refractivity contribution in [2.24, 2.45) is 0 Å². The molecular formula is C12H14N2O. The first-order valence-electron chi connectivity index (χ1n) is 4.77. The van der Waals surface area contributed by atoms with Crippen molar-refractivity contribution < 1.29 is 4.74 Å². The van der Waals surface area contributed by atoms with E-state index in [0.29, 0.717) is 17.9 Å². The average molecular weight is 202 g/mol. The van der Waals surface area contributed by atoms with Gasteiger partial charge < -0.3 is 10.1 Å². The molecule has 0 aliphatic carbocycles. The minimum atomic E-state index is 0.484. The molecule has 0 bridgehead atoms. The van der Waals surface area contributed by atoms with Crippen molar-refractivity contribution in [3.63, 3.8) is 0 Å². The van der Waals surface area contributed by atoms with Crippen LogP contribution in [-0.2, 0) is 0 Å². The van der Waals surface area contributed by atoms with Crippen molar-refractivity contribution in [2.45, 2.75) is 6.92 Å². The van der Waals surface area contributed by atoms with Gasteiger partial charge in [-0.3, -0.25) is 0 Å². The van der Waals surface area contributed by atoms with E-state index in [1.165, 1.54) is 0 Å². The molecule has 1 rings (SSSR count). The standard InChI is InChI=1S/C12H14N2O/c1-3-4-7-15-12-8-11(14-2)6-5-10(12)9-13/h3-6,8,14H,7H2,1-2H3. The van der Waals surface area contributed by atoms with Crippen LogP contribution in [0.25, 0.3) is 0 Å². The Hall–Kier alpha value is -1.95. The second-order valence-corrected chi connectivity index (χ2v) is 2.95. The highest BCUT2D eigenvalue weighted by Crippen LogP contribution is 2.22. The molecule has 1 aromatic carbocycles. The molecule has 0 aromatic heterocycles. The van der Waals surface area contributed by atoms with Gasteiger partial charge in [0, 0.05) is 18.8 Å². The van der Waals surface area contributed by atoms with Gasteiger partial charge >= 0.3 is 0 Å². The first kappa shape index (κ1) is 11.1. The maximum absolute atomic E-state index is 8.87. The molecule has 0 heterocycles. The Morgan fingerprint density at radius 2 is 2.33 bits per heavy atom. The third-order valence-electron chi connectivity index (χ3n) is 1.96. The summed E-state index contributed by atoms with van der Waals surface area (Å²) in [5.74, 6) is 0.613. The van der Waals surface area contributed by atoms with Crippen molar-refractivity contribution in [1.29, 1.82) is 5.26 Å². The lowest BCUT2D eigenvalue weighted by Crippen LogP contribution is -1.97. The van der Waals surface area contributed by atoms with Crippen molar-refractivity contribution in [2.75, 3.05) is 19.0 Å². The first-order chi connectivity index (χ1) is 7.31. The molecule has 0 unspecified atom stereocenters. The van der Waals surface area contributed by atoms with Crippen LogP contribution in [0.4, 0.5) is 5.69 Å². The molecule has 0 amide bonds. The van der Waals surface area contributed by atoms with Crippen molar-refractivity contribution in [3.8, 4) is 11.8 Å². The summed E-state index contributed by atoms with van der Waals surface area (Å²) in [6, 6.07) is 7.51. The number of nitrogens with zero attached hydrogens (tertiary/aromatic N) is 1. The molecule has 15 heavy (non-hydrogen) atoms. The van der Waals surface area contributed by atoms with Gasteiger partial charge in [-0.05, 0) is 19.1 Å². The van der Waals surface area contributed by atoms with Gasteiger partial charge in [0.1, 0.15) is 18.4 Å².